The van der Waals surface area contributed by atoms with Gasteiger partial charge in [0.1, 0.15) is 12.0 Å². The first-order valence-electron chi connectivity index (χ1n) is 3.90. The van der Waals surface area contributed by atoms with E-state index in [0.29, 0.717) is 0 Å². The van der Waals surface area contributed by atoms with Crippen LogP contribution in [-0.2, 0) is 7.05 Å². The van der Waals surface area contributed by atoms with E-state index in [9.17, 15) is 0 Å². The van der Waals surface area contributed by atoms with Crippen molar-refractivity contribution in [2.75, 3.05) is 0 Å². The lowest BCUT2D eigenvalue weighted by atomic mass is 10.4. The Morgan fingerprint density at radius 3 is 2.62 bits per heavy atom. The number of hydrogen-bond acceptors (Lipinski definition) is 4. The average molecular weight is 175 g/mol. The van der Waals surface area contributed by atoms with Crippen LogP contribution in [0.15, 0.2) is 18.7 Å². The average Bonchev–Trinajstić information content (AvgIpc) is 2.53. The highest BCUT2D eigenvalue weighted by atomic mass is 15.3. The van der Waals surface area contributed by atoms with Crippen molar-refractivity contribution in [1.29, 1.82) is 0 Å². The summed E-state index contributed by atoms with van der Waals surface area (Å²) in [5.74, 6) is 0.729. The third-order valence-electron chi connectivity index (χ3n) is 1.72. The molecule has 2 rings (SSSR count). The first-order chi connectivity index (χ1) is 6.27. The lowest BCUT2D eigenvalue weighted by Gasteiger charge is -1.98. The quantitative estimate of drug-likeness (QED) is 0.636. The fourth-order valence-electron chi connectivity index (χ4n) is 1.02. The van der Waals surface area contributed by atoms with Gasteiger partial charge < -0.3 is 4.57 Å². The summed E-state index contributed by atoms with van der Waals surface area (Å²) in [5.41, 5.74) is 1.64. The molecule has 5 heteroatoms. The van der Waals surface area contributed by atoms with Crippen LogP contribution in [0.1, 0.15) is 5.69 Å². The number of aryl methyl sites for hydroxylation is 2. The Labute approximate surface area is 75.5 Å². The Morgan fingerprint density at radius 2 is 2.08 bits per heavy atom. The van der Waals surface area contributed by atoms with Crippen LogP contribution in [0.4, 0.5) is 0 Å². The topological polar surface area (TPSA) is 56.5 Å². The third-order valence-corrected chi connectivity index (χ3v) is 1.72. The molecule has 0 saturated heterocycles. The summed E-state index contributed by atoms with van der Waals surface area (Å²) in [4.78, 5) is 8.33. The van der Waals surface area contributed by atoms with Crippen LogP contribution in [0.5, 0.6) is 0 Å². The molecule has 0 saturated carbocycles. The van der Waals surface area contributed by atoms with E-state index in [4.69, 9.17) is 0 Å². The maximum Gasteiger partial charge on any atom is 0.183 e. The van der Waals surface area contributed by atoms with Gasteiger partial charge >= 0.3 is 0 Å². The van der Waals surface area contributed by atoms with Crippen molar-refractivity contribution in [2.45, 2.75) is 6.92 Å². The summed E-state index contributed by atoms with van der Waals surface area (Å²) in [6.07, 6.45) is 5.04. The molecule has 0 aliphatic rings. The minimum atomic E-state index is 0.729. The van der Waals surface area contributed by atoms with Gasteiger partial charge in [-0.2, -0.15) is 0 Å². The zero-order valence-electron chi connectivity index (χ0n) is 7.47. The molecule has 5 nitrogen and oxygen atoms in total. The molecule has 66 valence electrons. The van der Waals surface area contributed by atoms with Gasteiger partial charge in [0.15, 0.2) is 5.82 Å². The Morgan fingerprint density at radius 1 is 1.23 bits per heavy atom. The first kappa shape index (κ1) is 7.85. The minimum Gasteiger partial charge on any atom is -0.315 e. The van der Waals surface area contributed by atoms with Crippen molar-refractivity contribution in [3.63, 3.8) is 0 Å². The Kier molecular flexibility index (Phi) is 1.77. The van der Waals surface area contributed by atoms with E-state index in [-0.39, 0.29) is 0 Å². The van der Waals surface area contributed by atoms with Crippen LogP contribution in [0.25, 0.3) is 11.5 Å². The van der Waals surface area contributed by atoms with E-state index < -0.39 is 0 Å². The lowest BCUT2D eigenvalue weighted by Crippen LogP contribution is -1.95. The molecule has 0 atom stereocenters. The highest BCUT2D eigenvalue weighted by Crippen LogP contribution is 2.10. The molecular formula is C8H9N5. The Hall–Kier alpha value is -1.78. The summed E-state index contributed by atoms with van der Waals surface area (Å²) < 4.78 is 1.80. The Balaban J connectivity index is 2.47. The van der Waals surface area contributed by atoms with E-state index in [1.54, 1.807) is 23.3 Å². The van der Waals surface area contributed by atoms with Crippen molar-refractivity contribution >= 4 is 0 Å². The molecule has 0 amide bonds. The standard InChI is InChI=1S/C8H9N5/c1-6-3-10-7(4-9-6)8-12-11-5-13(8)2/h3-5H,1-2H3. The number of hydrogen-bond donors (Lipinski definition) is 0. The molecule has 0 aliphatic carbocycles. The lowest BCUT2D eigenvalue weighted by molar-refractivity contribution is 0.910. The van der Waals surface area contributed by atoms with Crippen LogP contribution >= 0.6 is 0 Å². The van der Waals surface area contributed by atoms with Gasteiger partial charge in [-0.25, -0.2) is 4.98 Å². The molecule has 0 N–H and O–H groups in total. The monoisotopic (exact) mass is 175 g/mol. The molecule has 0 aromatic carbocycles. The second kappa shape index (κ2) is 2.93. The van der Waals surface area contributed by atoms with Crippen molar-refractivity contribution in [3.8, 4) is 11.5 Å². The zero-order valence-corrected chi connectivity index (χ0v) is 7.47. The van der Waals surface area contributed by atoms with E-state index in [0.717, 1.165) is 17.2 Å². The molecule has 0 fully saturated rings. The molecule has 0 radical (unpaired) electrons. The summed E-state index contributed by atoms with van der Waals surface area (Å²) in [6, 6.07) is 0. The van der Waals surface area contributed by atoms with Crippen LogP contribution in [-0.4, -0.2) is 24.7 Å². The van der Waals surface area contributed by atoms with Gasteiger partial charge in [0.05, 0.1) is 11.9 Å². The largest absolute Gasteiger partial charge is 0.315 e. The predicted molar refractivity (Wildman–Crippen MR) is 46.8 cm³/mol. The molecule has 0 bridgehead atoms. The van der Waals surface area contributed by atoms with Gasteiger partial charge in [-0.15, -0.1) is 10.2 Å². The van der Waals surface area contributed by atoms with E-state index in [1.807, 2.05) is 14.0 Å². The maximum absolute atomic E-state index is 4.20. The fraction of sp³-hybridized carbons (Fsp3) is 0.250. The highest BCUT2D eigenvalue weighted by Gasteiger charge is 2.04. The van der Waals surface area contributed by atoms with Crippen molar-refractivity contribution in [2.24, 2.45) is 7.05 Å². The second-order valence-electron chi connectivity index (χ2n) is 2.81. The van der Waals surface area contributed by atoms with Gasteiger partial charge in [0, 0.05) is 13.2 Å². The van der Waals surface area contributed by atoms with Gasteiger partial charge in [0.2, 0.25) is 0 Å². The van der Waals surface area contributed by atoms with Crippen molar-refractivity contribution < 1.29 is 0 Å². The number of nitrogens with zero attached hydrogens (tertiary/aromatic N) is 5. The Bertz CT molecular complexity index is 403. The van der Waals surface area contributed by atoms with Crippen LogP contribution in [0, 0.1) is 6.92 Å². The maximum atomic E-state index is 4.20. The van der Waals surface area contributed by atoms with Crippen LogP contribution in [0.2, 0.25) is 0 Å². The molecule has 0 unspecified atom stereocenters. The van der Waals surface area contributed by atoms with Crippen LogP contribution in [0.3, 0.4) is 0 Å². The van der Waals surface area contributed by atoms with E-state index in [2.05, 4.69) is 20.2 Å². The summed E-state index contributed by atoms with van der Waals surface area (Å²) in [7, 11) is 1.87. The minimum absolute atomic E-state index is 0.729. The zero-order chi connectivity index (χ0) is 9.26. The molecule has 0 aliphatic heterocycles. The van der Waals surface area contributed by atoms with Crippen molar-refractivity contribution in [3.05, 3.63) is 24.4 Å². The van der Waals surface area contributed by atoms with E-state index >= 15 is 0 Å². The normalized spacial score (nSPS) is 10.3. The molecule has 13 heavy (non-hydrogen) atoms. The fourth-order valence-corrected chi connectivity index (χ4v) is 1.02. The summed E-state index contributed by atoms with van der Waals surface area (Å²) in [5, 5.41) is 7.69. The van der Waals surface area contributed by atoms with Gasteiger partial charge in [0.25, 0.3) is 0 Å². The molecule has 2 aromatic heterocycles. The first-order valence-corrected chi connectivity index (χ1v) is 3.90. The number of aromatic nitrogens is 5. The van der Waals surface area contributed by atoms with Gasteiger partial charge in [-0.3, -0.25) is 4.98 Å². The number of rotatable bonds is 1. The van der Waals surface area contributed by atoms with Gasteiger partial charge in [-0.05, 0) is 6.92 Å². The molecule has 2 aromatic rings. The van der Waals surface area contributed by atoms with Crippen molar-refractivity contribution in [1.82, 2.24) is 24.7 Å². The molecule has 2 heterocycles. The smallest absolute Gasteiger partial charge is 0.183 e. The third kappa shape index (κ3) is 1.40. The highest BCUT2D eigenvalue weighted by molar-refractivity contribution is 5.46. The van der Waals surface area contributed by atoms with Crippen LogP contribution < -0.4 is 0 Å². The predicted octanol–water partition coefficient (Wildman–Crippen LogP) is 0.581. The SMILES string of the molecule is Cc1cnc(-c2nncn2C)cn1. The van der Waals surface area contributed by atoms with Gasteiger partial charge in [-0.1, -0.05) is 0 Å². The van der Waals surface area contributed by atoms with E-state index in [1.165, 1.54) is 0 Å². The second-order valence-corrected chi connectivity index (χ2v) is 2.81. The molecule has 0 spiro atoms. The molecular weight excluding hydrogens is 166 g/mol. The summed E-state index contributed by atoms with van der Waals surface area (Å²) in [6.45, 7) is 1.90. The summed E-state index contributed by atoms with van der Waals surface area (Å²) >= 11 is 0.